The summed E-state index contributed by atoms with van der Waals surface area (Å²) in [7, 11) is 2.16. The van der Waals surface area contributed by atoms with Crippen LogP contribution in [0.4, 0.5) is 4.79 Å². The quantitative estimate of drug-likeness (QED) is 0.496. The number of urea groups is 1. The first-order chi connectivity index (χ1) is 16.0. The van der Waals surface area contributed by atoms with Gasteiger partial charge in [-0.05, 0) is 74.3 Å². The number of amides is 2. The second-order valence-electron chi connectivity index (χ2n) is 8.73. The van der Waals surface area contributed by atoms with E-state index in [2.05, 4.69) is 58.7 Å². The van der Waals surface area contributed by atoms with Crippen molar-refractivity contribution in [2.24, 2.45) is 0 Å². The molecule has 3 aromatic rings. The third kappa shape index (κ3) is 4.16. The molecule has 0 spiro atoms. The molecule has 0 saturated carbocycles. The number of rotatable bonds is 5. The predicted octanol–water partition coefficient (Wildman–Crippen LogP) is 5.65. The fourth-order valence-corrected chi connectivity index (χ4v) is 6.17. The summed E-state index contributed by atoms with van der Waals surface area (Å²) in [5.74, 6) is 0. The molecule has 2 amide bonds. The molecule has 1 aliphatic heterocycles. The van der Waals surface area contributed by atoms with E-state index in [1.165, 1.54) is 32.0 Å². The number of hydrogen-bond acceptors (Lipinski definition) is 3. The van der Waals surface area contributed by atoms with Gasteiger partial charge in [0, 0.05) is 46.5 Å². The molecule has 2 heterocycles. The van der Waals surface area contributed by atoms with Gasteiger partial charge in [0.2, 0.25) is 0 Å². The zero-order valence-electron chi connectivity index (χ0n) is 19.2. The number of aromatic nitrogens is 1. The number of carbonyl (C=O) groups is 1. The van der Waals surface area contributed by atoms with Gasteiger partial charge in [-0.25, -0.2) is 4.79 Å². The maximum atomic E-state index is 12.7. The lowest BCUT2D eigenvalue weighted by atomic mass is 9.81. The minimum absolute atomic E-state index is 0.00621. The van der Waals surface area contributed by atoms with Crippen molar-refractivity contribution in [2.75, 3.05) is 26.7 Å². The van der Waals surface area contributed by atoms with E-state index in [1.807, 2.05) is 30.9 Å². The summed E-state index contributed by atoms with van der Waals surface area (Å²) in [6.45, 7) is 6.25. The number of H-pyrrole nitrogens is 1. The Kier molecular flexibility index (Phi) is 6.16. The maximum Gasteiger partial charge on any atom is 0.317 e. The van der Waals surface area contributed by atoms with Crippen molar-refractivity contribution >= 4 is 45.9 Å². The van der Waals surface area contributed by atoms with Gasteiger partial charge in [-0.15, -0.1) is 0 Å². The molecule has 2 aromatic carbocycles. The van der Waals surface area contributed by atoms with Crippen molar-refractivity contribution in [2.45, 2.75) is 42.3 Å². The van der Waals surface area contributed by atoms with Crippen LogP contribution in [0.1, 0.15) is 25.0 Å². The van der Waals surface area contributed by atoms with Crippen LogP contribution in [0.5, 0.6) is 0 Å². The first-order valence-electron chi connectivity index (χ1n) is 11.5. The van der Waals surface area contributed by atoms with Gasteiger partial charge in [0.15, 0.2) is 0 Å². The molecule has 33 heavy (non-hydrogen) atoms. The third-order valence-corrected chi connectivity index (χ3v) is 8.06. The van der Waals surface area contributed by atoms with Gasteiger partial charge in [0.1, 0.15) is 0 Å². The molecular weight excluding hydrogens is 452 g/mol. The zero-order valence-corrected chi connectivity index (χ0v) is 20.8. The Bertz CT molecular complexity index is 1220. The van der Waals surface area contributed by atoms with Crippen molar-refractivity contribution in [3.63, 3.8) is 0 Å². The van der Waals surface area contributed by atoms with Gasteiger partial charge in [0.05, 0.1) is 11.1 Å². The molecule has 172 valence electrons. The lowest BCUT2D eigenvalue weighted by Gasteiger charge is -2.40. The van der Waals surface area contributed by atoms with Crippen molar-refractivity contribution < 1.29 is 4.79 Å². The highest BCUT2D eigenvalue weighted by atomic mass is 35.5. The molecule has 0 saturated heterocycles. The molecule has 1 aromatic heterocycles. The van der Waals surface area contributed by atoms with E-state index < -0.39 is 0 Å². The molecule has 2 N–H and O–H groups in total. The lowest BCUT2D eigenvalue weighted by molar-refractivity contribution is 0.193. The number of likely N-dealkylation sites (N-methyl/N-ethyl adjacent to an activating group) is 1. The molecule has 0 fully saturated rings. The second-order valence-corrected chi connectivity index (χ2v) is 10.2. The Morgan fingerprint density at radius 1 is 1.21 bits per heavy atom. The average molecular weight is 481 g/mol. The standard InChI is InChI=1S/C26H29ClN4OS/c1-4-31(5-2)26(32)28-17-13-20-19-7-6-8-22-24(19)21(14-23(20)30(3)15-17)25(29-22)33-18-11-9-16(27)10-12-18/h6-13,17,23,29H,4-5,14-15H2,1-3H3,(H,28,32)/t17-,23+/m0/s1. The predicted molar refractivity (Wildman–Crippen MR) is 137 cm³/mol. The Hall–Kier alpha value is -2.41. The van der Waals surface area contributed by atoms with Crippen LogP contribution in [0.3, 0.4) is 0 Å². The van der Waals surface area contributed by atoms with E-state index in [0.717, 1.165) is 23.5 Å². The van der Waals surface area contributed by atoms with Crippen LogP contribution < -0.4 is 5.32 Å². The summed E-state index contributed by atoms with van der Waals surface area (Å²) < 4.78 is 0. The molecule has 0 radical (unpaired) electrons. The average Bonchev–Trinajstić information content (AvgIpc) is 3.15. The minimum atomic E-state index is -0.00647. The number of aromatic amines is 1. The van der Waals surface area contributed by atoms with Gasteiger partial charge in [0.25, 0.3) is 0 Å². The van der Waals surface area contributed by atoms with Crippen LogP contribution in [0.25, 0.3) is 16.5 Å². The van der Waals surface area contributed by atoms with E-state index in [4.69, 9.17) is 11.6 Å². The summed E-state index contributed by atoms with van der Waals surface area (Å²) in [6, 6.07) is 14.8. The number of benzene rings is 2. The highest BCUT2D eigenvalue weighted by molar-refractivity contribution is 7.99. The Balaban J connectivity index is 1.51. The van der Waals surface area contributed by atoms with Gasteiger partial charge >= 0.3 is 6.03 Å². The number of hydrogen-bond donors (Lipinski definition) is 2. The molecular formula is C26H29ClN4OS. The molecule has 2 atom stereocenters. The van der Waals surface area contributed by atoms with Crippen molar-refractivity contribution in [1.82, 2.24) is 20.1 Å². The summed E-state index contributed by atoms with van der Waals surface area (Å²) in [6.07, 6.45) is 3.23. The largest absolute Gasteiger partial charge is 0.349 e. The van der Waals surface area contributed by atoms with Crippen LogP contribution in [-0.2, 0) is 6.42 Å². The van der Waals surface area contributed by atoms with Crippen LogP contribution in [0.15, 0.2) is 58.5 Å². The number of nitrogens with zero attached hydrogens (tertiary/aromatic N) is 2. The van der Waals surface area contributed by atoms with Crippen molar-refractivity contribution in [3.8, 4) is 0 Å². The highest BCUT2D eigenvalue weighted by Gasteiger charge is 2.35. The summed E-state index contributed by atoms with van der Waals surface area (Å²) in [5, 5.41) is 6.48. The Morgan fingerprint density at radius 3 is 2.70 bits per heavy atom. The van der Waals surface area contributed by atoms with Gasteiger partial charge in [-0.2, -0.15) is 0 Å². The topological polar surface area (TPSA) is 51.4 Å². The fraction of sp³-hybridized carbons (Fsp3) is 0.346. The number of carbonyl (C=O) groups excluding carboxylic acids is 1. The SMILES string of the molecule is CCN(CC)C(=O)N[C@H]1C=C2c3cccc4[nH]c(Sc5ccc(Cl)cc5)c(c34)C[C@H]2N(C)C1. The first kappa shape index (κ1) is 22.4. The third-order valence-electron chi connectivity index (χ3n) is 6.75. The summed E-state index contributed by atoms with van der Waals surface area (Å²) >= 11 is 7.84. The lowest BCUT2D eigenvalue weighted by Crippen LogP contribution is -2.52. The molecule has 2 aliphatic rings. The smallest absolute Gasteiger partial charge is 0.317 e. The molecule has 5 rings (SSSR count). The number of halogens is 1. The van der Waals surface area contributed by atoms with Gasteiger partial charge < -0.3 is 15.2 Å². The van der Waals surface area contributed by atoms with E-state index in [9.17, 15) is 4.79 Å². The first-order valence-corrected chi connectivity index (χ1v) is 12.7. The second kappa shape index (κ2) is 9.09. The molecule has 1 aliphatic carbocycles. The molecule has 7 heteroatoms. The normalized spacial score (nSPS) is 19.8. The van der Waals surface area contributed by atoms with E-state index in [0.29, 0.717) is 19.1 Å². The summed E-state index contributed by atoms with van der Waals surface area (Å²) in [5.41, 5.74) is 5.12. The molecule has 0 bridgehead atoms. The fourth-order valence-electron chi connectivity index (χ4n) is 5.07. The molecule has 5 nitrogen and oxygen atoms in total. The van der Waals surface area contributed by atoms with Crippen molar-refractivity contribution in [1.29, 1.82) is 0 Å². The number of nitrogens with one attached hydrogen (secondary N) is 2. The van der Waals surface area contributed by atoms with Gasteiger partial charge in [-0.3, -0.25) is 4.90 Å². The Labute approximate surface area is 204 Å². The van der Waals surface area contributed by atoms with Crippen LogP contribution in [0, 0.1) is 0 Å². The van der Waals surface area contributed by atoms with Crippen LogP contribution in [-0.4, -0.2) is 59.6 Å². The number of fused-ring (bicyclic) bond motifs is 2. The zero-order chi connectivity index (χ0) is 23.1. The van der Waals surface area contributed by atoms with E-state index in [1.54, 1.807) is 11.8 Å². The molecule has 0 unspecified atom stereocenters. The van der Waals surface area contributed by atoms with Gasteiger partial charge in [-0.1, -0.05) is 41.6 Å². The monoisotopic (exact) mass is 480 g/mol. The summed E-state index contributed by atoms with van der Waals surface area (Å²) in [4.78, 5) is 21.7. The van der Waals surface area contributed by atoms with Crippen molar-refractivity contribution in [3.05, 3.63) is 64.7 Å². The highest BCUT2D eigenvalue weighted by Crippen LogP contribution is 2.44. The van der Waals surface area contributed by atoms with Crippen LogP contribution in [0.2, 0.25) is 5.02 Å². The Morgan fingerprint density at radius 2 is 1.97 bits per heavy atom. The van der Waals surface area contributed by atoms with E-state index in [-0.39, 0.29) is 12.1 Å². The van der Waals surface area contributed by atoms with E-state index >= 15 is 0 Å². The minimum Gasteiger partial charge on any atom is -0.349 e. The maximum absolute atomic E-state index is 12.7. The van der Waals surface area contributed by atoms with Crippen LogP contribution >= 0.6 is 23.4 Å².